The third-order valence-electron chi connectivity index (χ3n) is 1.91. The molecule has 0 spiro atoms. The number of rotatable bonds is 3. The molecule has 2 amide bonds. The van der Waals surface area contributed by atoms with E-state index in [9.17, 15) is 19.2 Å². The monoisotopic (exact) mass is 491 g/mol. The van der Waals surface area contributed by atoms with E-state index in [0.717, 1.165) is 13.1 Å². The molecule has 8 nitrogen and oxygen atoms in total. The van der Waals surface area contributed by atoms with Gasteiger partial charge in [0.05, 0.1) is 0 Å². The van der Waals surface area contributed by atoms with Crippen LogP contribution in [0, 0.1) is 0 Å². The van der Waals surface area contributed by atoms with Crippen LogP contribution in [0.2, 0.25) is 0 Å². The van der Waals surface area contributed by atoms with Gasteiger partial charge in [0.2, 0.25) is 11.8 Å². The van der Waals surface area contributed by atoms with Gasteiger partial charge in [0, 0.05) is 34.4 Å². The van der Waals surface area contributed by atoms with E-state index in [1.807, 2.05) is 21.0 Å². The molecule has 4 N–H and O–H groups in total. The lowest BCUT2D eigenvalue weighted by atomic mass is 10.4. The molecular weight excluding hydrogens is 420 g/mol. The number of amides is 2. The highest BCUT2D eigenvalue weighted by Gasteiger charge is 1.77. The van der Waals surface area contributed by atoms with E-state index in [1.54, 1.807) is 21.0 Å². The Labute approximate surface area is 211 Å². The molecule has 0 saturated heterocycles. The van der Waals surface area contributed by atoms with Crippen LogP contribution in [-0.2, 0) is 19.2 Å². The number of carbonyl (C=O) groups is 4. The van der Waals surface area contributed by atoms with Crippen molar-refractivity contribution < 1.29 is 19.2 Å². The van der Waals surface area contributed by atoms with Crippen molar-refractivity contribution >= 4 is 23.4 Å². The molecule has 0 radical (unpaired) electrons. The molecule has 33 heavy (non-hydrogen) atoms. The zero-order valence-electron chi connectivity index (χ0n) is 19.8. The number of hydrogen-bond acceptors (Lipinski definition) is 6. The first-order chi connectivity index (χ1) is 12.4. The van der Waals surface area contributed by atoms with Crippen LogP contribution in [0.4, 0.5) is 0 Å². The predicted octanol–water partition coefficient (Wildman–Crippen LogP) is 5.35. The molecule has 0 aromatic rings. The molecule has 0 bridgehead atoms. The molecule has 0 fully saturated rings. The Morgan fingerprint density at radius 3 is 0.606 bits per heavy atom. The highest BCUT2D eigenvalue weighted by Crippen LogP contribution is 1.71. The van der Waals surface area contributed by atoms with E-state index in [2.05, 4.69) is 35.1 Å². The quantitative estimate of drug-likeness (QED) is 0.423. The Balaban J connectivity index is -0.0000000155. The second-order valence-electron chi connectivity index (χ2n) is 4.99. The molecule has 0 aliphatic carbocycles. The van der Waals surface area contributed by atoms with E-state index in [4.69, 9.17) is 0 Å². The van der Waals surface area contributed by atoms with Crippen molar-refractivity contribution in [3.8, 4) is 0 Å². The van der Waals surface area contributed by atoms with Gasteiger partial charge in [-0.1, -0.05) is 65.3 Å². The Morgan fingerprint density at radius 2 is 0.606 bits per heavy atom. The number of hydrogen-bond donors (Lipinski definition) is 4. The maximum absolute atomic E-state index is 9.81. The van der Waals surface area contributed by atoms with Gasteiger partial charge >= 0.3 is 0 Å². The van der Waals surface area contributed by atoms with Crippen molar-refractivity contribution in [1.82, 2.24) is 21.3 Å². The van der Waals surface area contributed by atoms with Gasteiger partial charge in [-0.05, 0) is 48.0 Å². The summed E-state index contributed by atoms with van der Waals surface area (Å²) in [7, 11) is 7.06. The Morgan fingerprint density at radius 1 is 0.515 bits per heavy atom. The molecule has 214 valence electrons. The van der Waals surface area contributed by atoms with Crippen LogP contribution >= 0.6 is 0 Å². The first kappa shape index (κ1) is 77.2. The van der Waals surface area contributed by atoms with Crippen molar-refractivity contribution in [2.24, 2.45) is 0 Å². The number of carbonyl (C=O) groups excluding carboxylic acids is 4. The topological polar surface area (TPSA) is 116 Å². The fourth-order valence-electron chi connectivity index (χ4n) is 0. The molecule has 0 unspecified atom stereocenters. The van der Waals surface area contributed by atoms with Crippen molar-refractivity contribution in [2.45, 2.75) is 106 Å². The number of Topliss-reactive ketones (excluding diaryl/α,β-unsaturated/α-hetero) is 2. The van der Waals surface area contributed by atoms with Gasteiger partial charge in [0.25, 0.3) is 0 Å². The Hall–Kier alpha value is -1.80. The molecule has 0 rings (SSSR count). The second-order valence-corrected chi connectivity index (χ2v) is 4.99. The lowest BCUT2D eigenvalue weighted by Gasteiger charge is -1.80. The first-order valence-corrected chi connectivity index (χ1v) is 9.00. The summed E-state index contributed by atoms with van der Waals surface area (Å²) in [5, 5.41) is 10.6. The zero-order chi connectivity index (χ0) is 23.3. The summed E-state index contributed by atoms with van der Waals surface area (Å²) < 4.78 is 0. The van der Waals surface area contributed by atoms with E-state index < -0.39 is 0 Å². The summed E-state index contributed by atoms with van der Waals surface area (Å²) in [4.78, 5) is 38.7. The van der Waals surface area contributed by atoms with Gasteiger partial charge in [-0.3, -0.25) is 9.59 Å². The van der Waals surface area contributed by atoms with Crippen LogP contribution in [0.1, 0.15) is 106 Å². The molecule has 0 aromatic carbocycles. The zero-order valence-corrected chi connectivity index (χ0v) is 19.8. The fourth-order valence-corrected chi connectivity index (χ4v) is 0. The van der Waals surface area contributed by atoms with Gasteiger partial charge < -0.3 is 30.9 Å². The highest BCUT2D eigenvalue weighted by molar-refractivity contribution is 5.75. The summed E-state index contributed by atoms with van der Waals surface area (Å²) in [5.74, 6) is 0.431. The van der Waals surface area contributed by atoms with Crippen LogP contribution < -0.4 is 21.3 Å². The Bertz CT molecular complexity index is 280. The van der Waals surface area contributed by atoms with Gasteiger partial charge in [-0.2, -0.15) is 0 Å². The van der Waals surface area contributed by atoms with Gasteiger partial charge in [0.15, 0.2) is 0 Å². The van der Waals surface area contributed by atoms with E-state index in [0.29, 0.717) is 6.42 Å². The summed E-state index contributed by atoms with van der Waals surface area (Å²) >= 11 is 0. The standard InChI is InChI=1S/C4H8O.2C3H7NO.2C3H9N.C3H6O.6CH4/c1-3-4(2)5;2*1-3(5)4-2;2*1-3-4-2;1-3(2)4;;;;;;/h3H2,1-2H3;2*1-2H3,(H,4,5);2*4H,3H2,1-2H3;1-2H3;6*1H4. The van der Waals surface area contributed by atoms with Crippen LogP contribution in [0.15, 0.2) is 0 Å². The predicted molar refractivity (Wildman–Crippen MR) is 156 cm³/mol. The average Bonchev–Trinajstić information content (AvgIpc) is 2.62. The molecular formula is C25H70N4O4. The smallest absolute Gasteiger partial charge is 0.216 e. The SMILES string of the molecule is C.C.C.C.C.C.CC(C)=O.CCC(C)=O.CCNC.CCNC.CNC(C)=O.CNC(C)=O. The molecule has 0 aromatic heterocycles. The maximum atomic E-state index is 9.81. The van der Waals surface area contributed by atoms with Crippen molar-refractivity contribution in [3.05, 3.63) is 0 Å². The fraction of sp³-hybridized carbons (Fsp3) is 0.840. The molecule has 0 saturated carbocycles. The molecule has 0 aliphatic rings. The van der Waals surface area contributed by atoms with Crippen molar-refractivity contribution in [1.29, 1.82) is 0 Å². The van der Waals surface area contributed by atoms with Crippen LogP contribution in [-0.4, -0.2) is 64.7 Å². The third-order valence-corrected chi connectivity index (χ3v) is 1.91. The van der Waals surface area contributed by atoms with Crippen LogP contribution in [0.3, 0.4) is 0 Å². The summed E-state index contributed by atoms with van der Waals surface area (Å²) in [5.41, 5.74) is 0. The van der Waals surface area contributed by atoms with Crippen molar-refractivity contribution in [2.75, 3.05) is 41.3 Å². The summed E-state index contributed by atoms with van der Waals surface area (Å²) in [6.45, 7) is 15.7. The summed E-state index contributed by atoms with van der Waals surface area (Å²) in [6.07, 6.45) is 0.667. The van der Waals surface area contributed by atoms with E-state index >= 15 is 0 Å². The summed E-state index contributed by atoms with van der Waals surface area (Å²) in [6, 6.07) is 0. The van der Waals surface area contributed by atoms with Gasteiger partial charge in [-0.15, -0.1) is 0 Å². The number of nitrogens with one attached hydrogen (secondary N) is 4. The normalized spacial score (nSPS) is 5.82. The third kappa shape index (κ3) is 625. The molecule has 0 heterocycles. The van der Waals surface area contributed by atoms with Gasteiger partial charge in [0.1, 0.15) is 11.6 Å². The van der Waals surface area contributed by atoms with E-state index in [-0.39, 0.29) is 67.9 Å². The van der Waals surface area contributed by atoms with Crippen molar-refractivity contribution in [3.63, 3.8) is 0 Å². The second kappa shape index (κ2) is 87.0. The highest BCUT2D eigenvalue weighted by atomic mass is 16.2. The lowest BCUT2D eigenvalue weighted by molar-refractivity contribution is -0.119. The maximum Gasteiger partial charge on any atom is 0.216 e. The lowest BCUT2D eigenvalue weighted by Crippen LogP contribution is -2.11. The minimum Gasteiger partial charge on any atom is -0.359 e. The van der Waals surface area contributed by atoms with Crippen LogP contribution in [0.5, 0.6) is 0 Å². The van der Waals surface area contributed by atoms with Gasteiger partial charge in [-0.25, -0.2) is 0 Å². The van der Waals surface area contributed by atoms with E-state index in [1.165, 1.54) is 27.7 Å². The Kier molecular flexibility index (Phi) is 204. The molecule has 0 aliphatic heterocycles. The largest absolute Gasteiger partial charge is 0.359 e. The van der Waals surface area contributed by atoms with Crippen LogP contribution in [0.25, 0.3) is 0 Å². The molecule has 8 heteroatoms. The average molecular weight is 491 g/mol. The minimum absolute atomic E-state index is 0. The number of ketones is 2. The first-order valence-electron chi connectivity index (χ1n) is 9.00. The minimum atomic E-state index is 0. The molecule has 0 atom stereocenters.